The third-order valence-corrected chi connectivity index (χ3v) is 7.80. The quantitative estimate of drug-likeness (QED) is 0.0709. The Bertz CT molecular complexity index is 574. The molecular formula is C38H78O11. The van der Waals surface area contributed by atoms with E-state index in [0.717, 1.165) is 0 Å². The molecule has 49 heavy (non-hydrogen) atoms. The highest BCUT2D eigenvalue weighted by molar-refractivity contribution is 4.60. The van der Waals surface area contributed by atoms with Gasteiger partial charge in [0, 0.05) is 0 Å². The molecule has 0 aromatic rings. The fourth-order valence-electron chi connectivity index (χ4n) is 4.99. The molecule has 0 spiro atoms. The van der Waals surface area contributed by atoms with Gasteiger partial charge in [0.15, 0.2) is 0 Å². The van der Waals surface area contributed by atoms with Crippen LogP contribution in [0.5, 0.6) is 0 Å². The Morgan fingerprint density at radius 2 is 0.551 bits per heavy atom. The van der Waals surface area contributed by atoms with E-state index >= 15 is 0 Å². The van der Waals surface area contributed by atoms with Gasteiger partial charge in [-0.3, -0.25) is 0 Å². The van der Waals surface area contributed by atoms with Crippen molar-refractivity contribution in [1.82, 2.24) is 0 Å². The van der Waals surface area contributed by atoms with Crippen molar-refractivity contribution in [3.05, 3.63) is 0 Å². The SMILES string of the molecule is CCCCCCCCCC(CCCCCCCC)OCCOCCOCCOCCOCCOCCOCCOCCOCCOCCO. The van der Waals surface area contributed by atoms with Gasteiger partial charge < -0.3 is 52.5 Å². The Hall–Kier alpha value is -0.440. The van der Waals surface area contributed by atoms with Crippen molar-refractivity contribution in [2.75, 3.05) is 132 Å². The Balaban J connectivity index is 3.44. The summed E-state index contributed by atoms with van der Waals surface area (Å²) >= 11 is 0. The Morgan fingerprint density at radius 3 is 0.837 bits per heavy atom. The summed E-state index contributed by atoms with van der Waals surface area (Å²) in [6, 6.07) is 0. The van der Waals surface area contributed by atoms with Gasteiger partial charge >= 0.3 is 0 Å². The van der Waals surface area contributed by atoms with Crippen LogP contribution in [0.4, 0.5) is 0 Å². The monoisotopic (exact) mass is 711 g/mol. The van der Waals surface area contributed by atoms with Gasteiger partial charge in [-0.05, 0) is 12.8 Å². The number of aliphatic hydroxyl groups is 1. The van der Waals surface area contributed by atoms with E-state index in [-0.39, 0.29) is 6.61 Å². The lowest BCUT2D eigenvalue weighted by Gasteiger charge is -2.18. The smallest absolute Gasteiger partial charge is 0.0704 e. The molecule has 0 amide bonds. The average molecular weight is 711 g/mol. The molecule has 0 rings (SSSR count). The molecule has 0 saturated heterocycles. The van der Waals surface area contributed by atoms with E-state index in [1.54, 1.807) is 0 Å². The number of hydrogen-bond donors (Lipinski definition) is 1. The van der Waals surface area contributed by atoms with Gasteiger partial charge in [0.1, 0.15) is 0 Å². The van der Waals surface area contributed by atoms with Crippen LogP contribution in [-0.4, -0.2) is 143 Å². The lowest BCUT2D eigenvalue weighted by molar-refractivity contribution is -0.0315. The summed E-state index contributed by atoms with van der Waals surface area (Å²) < 4.78 is 55.5. The maximum absolute atomic E-state index is 8.60. The lowest BCUT2D eigenvalue weighted by atomic mass is 10.0. The normalized spacial score (nSPS) is 12.3. The van der Waals surface area contributed by atoms with Crippen LogP contribution in [0.25, 0.3) is 0 Å². The Kier molecular flexibility index (Phi) is 45.2. The lowest BCUT2D eigenvalue weighted by Crippen LogP contribution is -2.18. The van der Waals surface area contributed by atoms with Crippen LogP contribution < -0.4 is 0 Å². The Labute approximate surface area is 300 Å². The number of rotatable bonds is 45. The fourth-order valence-corrected chi connectivity index (χ4v) is 4.99. The third-order valence-electron chi connectivity index (χ3n) is 7.80. The summed E-state index contributed by atoms with van der Waals surface area (Å²) in [4.78, 5) is 0. The van der Waals surface area contributed by atoms with Gasteiger partial charge in [-0.2, -0.15) is 0 Å². The van der Waals surface area contributed by atoms with Crippen LogP contribution in [0.3, 0.4) is 0 Å². The molecule has 0 heterocycles. The molecule has 0 aliphatic rings. The zero-order valence-corrected chi connectivity index (χ0v) is 31.9. The summed E-state index contributed by atoms with van der Waals surface area (Å²) in [5.41, 5.74) is 0. The molecule has 0 radical (unpaired) electrons. The van der Waals surface area contributed by atoms with Gasteiger partial charge in [0.2, 0.25) is 0 Å². The molecule has 0 bridgehead atoms. The van der Waals surface area contributed by atoms with Crippen LogP contribution in [0.2, 0.25) is 0 Å². The molecule has 0 aromatic carbocycles. The van der Waals surface area contributed by atoms with Crippen molar-refractivity contribution in [2.24, 2.45) is 0 Å². The molecule has 0 aliphatic heterocycles. The molecule has 11 nitrogen and oxygen atoms in total. The minimum absolute atomic E-state index is 0.0301. The van der Waals surface area contributed by atoms with E-state index in [4.69, 9.17) is 52.5 Å². The molecule has 1 atom stereocenters. The van der Waals surface area contributed by atoms with E-state index in [9.17, 15) is 0 Å². The topological polar surface area (TPSA) is 113 Å². The maximum atomic E-state index is 8.60. The minimum Gasteiger partial charge on any atom is -0.394 e. The largest absolute Gasteiger partial charge is 0.394 e. The number of unbranched alkanes of at least 4 members (excludes halogenated alkanes) is 11. The summed E-state index contributed by atoms with van der Waals surface area (Å²) in [6.07, 6.45) is 20.2. The van der Waals surface area contributed by atoms with E-state index < -0.39 is 0 Å². The molecule has 11 heteroatoms. The van der Waals surface area contributed by atoms with Crippen LogP contribution >= 0.6 is 0 Å². The first kappa shape index (κ1) is 48.6. The molecule has 296 valence electrons. The highest BCUT2D eigenvalue weighted by atomic mass is 16.6. The van der Waals surface area contributed by atoms with E-state index in [0.29, 0.717) is 132 Å². The van der Waals surface area contributed by atoms with Crippen molar-refractivity contribution < 1.29 is 52.5 Å². The zero-order valence-electron chi connectivity index (χ0n) is 31.9. The highest BCUT2D eigenvalue weighted by Gasteiger charge is 2.09. The molecular weight excluding hydrogens is 632 g/mol. The molecule has 0 aromatic heterocycles. The van der Waals surface area contributed by atoms with Crippen molar-refractivity contribution >= 4 is 0 Å². The second kappa shape index (κ2) is 45.6. The molecule has 0 saturated carbocycles. The number of ether oxygens (including phenoxy) is 10. The first-order valence-corrected chi connectivity index (χ1v) is 19.8. The number of hydrogen-bond acceptors (Lipinski definition) is 11. The minimum atomic E-state index is 0.0301. The van der Waals surface area contributed by atoms with Gasteiger partial charge in [0.25, 0.3) is 0 Å². The van der Waals surface area contributed by atoms with Crippen LogP contribution in [-0.2, 0) is 47.4 Å². The molecule has 1 N–H and O–H groups in total. The second-order valence-electron chi connectivity index (χ2n) is 12.2. The maximum Gasteiger partial charge on any atom is 0.0704 e. The van der Waals surface area contributed by atoms with E-state index in [2.05, 4.69) is 13.8 Å². The Morgan fingerprint density at radius 1 is 0.306 bits per heavy atom. The second-order valence-corrected chi connectivity index (χ2v) is 12.2. The van der Waals surface area contributed by atoms with Crippen LogP contribution in [0.15, 0.2) is 0 Å². The predicted molar refractivity (Wildman–Crippen MR) is 195 cm³/mol. The van der Waals surface area contributed by atoms with E-state index in [1.165, 1.54) is 96.3 Å². The summed E-state index contributed by atoms with van der Waals surface area (Å²) in [5.74, 6) is 0. The summed E-state index contributed by atoms with van der Waals surface area (Å²) in [6.45, 7) is 14.6. The van der Waals surface area contributed by atoms with Gasteiger partial charge in [-0.15, -0.1) is 0 Å². The van der Waals surface area contributed by atoms with E-state index in [1.807, 2.05) is 0 Å². The molecule has 0 fully saturated rings. The third kappa shape index (κ3) is 43.6. The first-order chi connectivity index (χ1) is 24.3. The van der Waals surface area contributed by atoms with Gasteiger partial charge in [-0.1, -0.05) is 97.3 Å². The fraction of sp³-hybridized carbons (Fsp3) is 1.00. The predicted octanol–water partition coefficient (Wildman–Crippen LogP) is 6.40. The van der Waals surface area contributed by atoms with Crippen molar-refractivity contribution in [3.63, 3.8) is 0 Å². The first-order valence-electron chi connectivity index (χ1n) is 19.8. The zero-order chi connectivity index (χ0) is 35.4. The van der Waals surface area contributed by atoms with Gasteiger partial charge in [-0.25, -0.2) is 0 Å². The van der Waals surface area contributed by atoms with Crippen molar-refractivity contribution in [2.45, 2.75) is 116 Å². The average Bonchev–Trinajstić information content (AvgIpc) is 3.11. The van der Waals surface area contributed by atoms with Crippen LogP contribution in [0, 0.1) is 0 Å². The van der Waals surface area contributed by atoms with Gasteiger partial charge in [0.05, 0.1) is 138 Å². The van der Waals surface area contributed by atoms with Crippen LogP contribution in [0.1, 0.15) is 110 Å². The molecule has 1 unspecified atom stereocenters. The standard InChI is InChI=1S/C38H78O11/c1-3-5-7-9-11-13-15-17-38(16-14-12-10-8-6-4-2)49-37-36-48-35-34-47-33-32-46-31-30-45-29-28-44-27-26-43-25-24-42-23-22-41-21-20-40-19-18-39/h38-39H,3-37H2,1-2H3. The summed E-state index contributed by atoms with van der Waals surface area (Å²) in [7, 11) is 0. The molecule has 0 aliphatic carbocycles. The van der Waals surface area contributed by atoms with Crippen molar-refractivity contribution in [3.8, 4) is 0 Å². The number of aliphatic hydroxyl groups excluding tert-OH is 1. The summed E-state index contributed by atoms with van der Waals surface area (Å²) in [5, 5.41) is 8.60. The van der Waals surface area contributed by atoms with Crippen molar-refractivity contribution in [1.29, 1.82) is 0 Å². The highest BCUT2D eigenvalue weighted by Crippen LogP contribution is 2.17.